The molecule has 3 heterocycles. The highest BCUT2D eigenvalue weighted by Crippen LogP contribution is 2.17. The largest absolute Gasteiger partial charge is 0.356 e. The molecule has 0 aliphatic carbocycles. The molecule has 0 spiro atoms. The lowest BCUT2D eigenvalue weighted by Crippen LogP contribution is -2.30. The van der Waals surface area contributed by atoms with Crippen molar-refractivity contribution in [2.45, 2.75) is 25.8 Å². The Kier molecular flexibility index (Phi) is 4.81. The SMILES string of the molecule is O=C(Cn1nc2nc(N3CCCCC3)ccn2c1=O)Nc1cccc(Cl)c1. The van der Waals surface area contributed by atoms with Crippen molar-refractivity contribution in [2.75, 3.05) is 23.3 Å². The van der Waals surface area contributed by atoms with E-state index in [-0.39, 0.29) is 12.5 Å². The lowest BCUT2D eigenvalue weighted by atomic mass is 10.1. The van der Waals surface area contributed by atoms with Crippen molar-refractivity contribution in [2.24, 2.45) is 0 Å². The Morgan fingerprint density at radius 2 is 2.00 bits per heavy atom. The summed E-state index contributed by atoms with van der Waals surface area (Å²) in [5.41, 5.74) is 0.166. The number of benzene rings is 1. The molecule has 1 aliphatic rings. The van der Waals surface area contributed by atoms with Gasteiger partial charge in [-0.3, -0.25) is 4.79 Å². The topological polar surface area (TPSA) is 84.5 Å². The van der Waals surface area contributed by atoms with Gasteiger partial charge in [-0.05, 0) is 43.5 Å². The summed E-state index contributed by atoms with van der Waals surface area (Å²) < 4.78 is 2.46. The van der Waals surface area contributed by atoms with Gasteiger partial charge in [0.1, 0.15) is 12.4 Å². The van der Waals surface area contributed by atoms with E-state index < -0.39 is 5.69 Å². The van der Waals surface area contributed by atoms with Gasteiger partial charge in [0.05, 0.1) is 0 Å². The highest BCUT2D eigenvalue weighted by atomic mass is 35.5. The molecule has 0 unspecified atom stereocenters. The average molecular weight is 387 g/mol. The van der Waals surface area contributed by atoms with Crippen LogP contribution in [-0.4, -0.2) is 38.2 Å². The molecule has 2 aromatic heterocycles. The fraction of sp³-hybridized carbons (Fsp3) is 0.333. The number of halogens is 1. The van der Waals surface area contributed by atoms with Crippen LogP contribution in [0.5, 0.6) is 0 Å². The van der Waals surface area contributed by atoms with E-state index in [2.05, 4.69) is 20.3 Å². The zero-order valence-electron chi connectivity index (χ0n) is 14.6. The molecular formula is C18H19ClN6O2. The number of hydrogen-bond acceptors (Lipinski definition) is 5. The number of anilines is 2. The first-order valence-corrected chi connectivity index (χ1v) is 9.24. The maximum absolute atomic E-state index is 12.5. The van der Waals surface area contributed by atoms with Gasteiger partial charge in [-0.15, -0.1) is 5.10 Å². The molecule has 4 rings (SSSR count). The predicted octanol–water partition coefficient (Wildman–Crippen LogP) is 2.17. The first-order valence-electron chi connectivity index (χ1n) is 8.87. The summed E-state index contributed by atoms with van der Waals surface area (Å²) >= 11 is 5.91. The highest BCUT2D eigenvalue weighted by Gasteiger charge is 2.16. The lowest BCUT2D eigenvalue weighted by molar-refractivity contribution is -0.117. The Bertz CT molecular complexity index is 1040. The van der Waals surface area contributed by atoms with Gasteiger partial charge in [0, 0.05) is 30.0 Å². The number of carbonyl (C=O) groups is 1. The van der Waals surface area contributed by atoms with E-state index in [0.717, 1.165) is 36.4 Å². The number of carbonyl (C=O) groups excluding carboxylic acids is 1. The minimum absolute atomic E-state index is 0.201. The van der Waals surface area contributed by atoms with Crippen LogP contribution in [-0.2, 0) is 11.3 Å². The predicted molar refractivity (Wildman–Crippen MR) is 103 cm³/mol. The summed E-state index contributed by atoms with van der Waals surface area (Å²) in [5.74, 6) is 0.736. The number of nitrogens with one attached hydrogen (secondary N) is 1. The number of hydrogen-bond donors (Lipinski definition) is 1. The van der Waals surface area contributed by atoms with Gasteiger partial charge >= 0.3 is 5.69 Å². The molecule has 1 saturated heterocycles. The number of aromatic nitrogens is 4. The van der Waals surface area contributed by atoms with Crippen LogP contribution >= 0.6 is 11.6 Å². The van der Waals surface area contributed by atoms with E-state index in [1.54, 1.807) is 30.5 Å². The first-order chi connectivity index (χ1) is 13.1. The van der Waals surface area contributed by atoms with Crippen LogP contribution in [0.4, 0.5) is 11.5 Å². The Morgan fingerprint density at radius 1 is 1.19 bits per heavy atom. The van der Waals surface area contributed by atoms with E-state index in [1.165, 1.54) is 10.8 Å². The molecule has 0 radical (unpaired) electrons. The molecule has 1 aromatic carbocycles. The quantitative estimate of drug-likeness (QED) is 0.742. The minimum atomic E-state index is -0.399. The van der Waals surface area contributed by atoms with Crippen molar-refractivity contribution in [3.8, 4) is 0 Å². The Morgan fingerprint density at radius 3 is 2.78 bits per heavy atom. The summed E-state index contributed by atoms with van der Waals surface area (Å²) in [5, 5.41) is 7.43. The molecule has 1 N–H and O–H groups in total. The van der Waals surface area contributed by atoms with Crippen molar-refractivity contribution >= 4 is 34.8 Å². The van der Waals surface area contributed by atoms with E-state index in [0.29, 0.717) is 16.5 Å². The van der Waals surface area contributed by atoms with Crippen LogP contribution in [0.25, 0.3) is 5.78 Å². The van der Waals surface area contributed by atoms with Crippen molar-refractivity contribution in [3.05, 3.63) is 52.0 Å². The Hall–Kier alpha value is -2.87. The van der Waals surface area contributed by atoms with Gasteiger partial charge in [-0.1, -0.05) is 17.7 Å². The van der Waals surface area contributed by atoms with Crippen LogP contribution in [0, 0.1) is 0 Å². The summed E-state index contributed by atoms with van der Waals surface area (Å²) in [7, 11) is 0. The molecular weight excluding hydrogens is 368 g/mol. The monoisotopic (exact) mass is 386 g/mol. The molecule has 9 heteroatoms. The van der Waals surface area contributed by atoms with Gasteiger partial charge in [0.15, 0.2) is 0 Å². The van der Waals surface area contributed by atoms with E-state index >= 15 is 0 Å². The standard InChI is InChI=1S/C18H19ClN6O2/c19-13-5-4-6-14(11-13)20-16(26)12-25-18(27)24-10-7-15(21-17(24)22-25)23-8-2-1-3-9-23/h4-7,10-11H,1-3,8-9,12H2,(H,20,26). The molecule has 1 amide bonds. The molecule has 0 saturated carbocycles. The fourth-order valence-corrected chi connectivity index (χ4v) is 3.39. The molecule has 0 atom stereocenters. The minimum Gasteiger partial charge on any atom is -0.356 e. The average Bonchev–Trinajstić information content (AvgIpc) is 2.97. The van der Waals surface area contributed by atoms with Gasteiger partial charge in [0.2, 0.25) is 5.91 Å². The molecule has 1 fully saturated rings. The second-order valence-electron chi connectivity index (χ2n) is 6.50. The van der Waals surface area contributed by atoms with Gasteiger partial charge in [-0.2, -0.15) is 4.98 Å². The summed E-state index contributed by atoms with van der Waals surface area (Å²) in [4.78, 5) is 31.4. The van der Waals surface area contributed by atoms with Crippen molar-refractivity contribution in [1.29, 1.82) is 0 Å². The van der Waals surface area contributed by atoms with Crippen LogP contribution in [0.2, 0.25) is 5.02 Å². The normalized spacial score (nSPS) is 14.5. The zero-order valence-corrected chi connectivity index (χ0v) is 15.4. The van der Waals surface area contributed by atoms with Crippen molar-refractivity contribution in [3.63, 3.8) is 0 Å². The van der Waals surface area contributed by atoms with E-state index in [9.17, 15) is 9.59 Å². The van der Waals surface area contributed by atoms with Gasteiger partial charge in [0.25, 0.3) is 5.78 Å². The van der Waals surface area contributed by atoms with E-state index in [4.69, 9.17) is 11.6 Å². The number of fused-ring (bicyclic) bond motifs is 1. The molecule has 8 nitrogen and oxygen atoms in total. The molecule has 3 aromatic rings. The third-order valence-electron chi connectivity index (χ3n) is 4.52. The van der Waals surface area contributed by atoms with E-state index in [1.807, 2.05) is 6.07 Å². The second kappa shape index (κ2) is 7.40. The molecule has 1 aliphatic heterocycles. The number of piperidine rings is 1. The maximum Gasteiger partial charge on any atom is 0.352 e. The zero-order chi connectivity index (χ0) is 18.8. The van der Waals surface area contributed by atoms with Crippen LogP contribution < -0.4 is 15.9 Å². The first kappa shape index (κ1) is 17.5. The third-order valence-corrected chi connectivity index (χ3v) is 4.76. The fourth-order valence-electron chi connectivity index (χ4n) is 3.20. The highest BCUT2D eigenvalue weighted by molar-refractivity contribution is 6.30. The smallest absolute Gasteiger partial charge is 0.352 e. The van der Waals surface area contributed by atoms with Crippen LogP contribution in [0.15, 0.2) is 41.3 Å². The maximum atomic E-state index is 12.5. The van der Waals surface area contributed by atoms with Crippen LogP contribution in [0.3, 0.4) is 0 Å². The number of amides is 1. The second-order valence-corrected chi connectivity index (χ2v) is 6.94. The van der Waals surface area contributed by atoms with Gasteiger partial charge in [-0.25, -0.2) is 13.9 Å². The van der Waals surface area contributed by atoms with Crippen molar-refractivity contribution in [1.82, 2.24) is 19.2 Å². The molecule has 140 valence electrons. The van der Waals surface area contributed by atoms with Gasteiger partial charge < -0.3 is 10.2 Å². The Labute approximate surface area is 160 Å². The lowest BCUT2D eigenvalue weighted by Gasteiger charge is -2.27. The Balaban J connectivity index is 1.54. The number of rotatable bonds is 4. The molecule has 27 heavy (non-hydrogen) atoms. The number of nitrogens with zero attached hydrogens (tertiary/aromatic N) is 5. The van der Waals surface area contributed by atoms with Crippen molar-refractivity contribution < 1.29 is 4.79 Å². The summed E-state index contributed by atoms with van der Waals surface area (Å²) in [6.45, 7) is 1.71. The van der Waals surface area contributed by atoms with Crippen LogP contribution in [0.1, 0.15) is 19.3 Å². The third kappa shape index (κ3) is 3.80. The summed E-state index contributed by atoms with van der Waals surface area (Å²) in [6.07, 6.45) is 5.16. The summed E-state index contributed by atoms with van der Waals surface area (Å²) in [6, 6.07) is 8.63. The molecule has 0 bridgehead atoms.